The van der Waals surface area contributed by atoms with Crippen molar-refractivity contribution in [1.29, 1.82) is 0 Å². The number of unbranched alkanes of at least 4 members (excludes halogenated alkanes) is 2. The van der Waals surface area contributed by atoms with Crippen molar-refractivity contribution in [2.75, 3.05) is 6.61 Å². The lowest BCUT2D eigenvalue weighted by molar-refractivity contribution is -0.163. The molecule has 3 saturated carbocycles. The number of rotatable bonds is 12. The number of hydrogen-bond donors (Lipinski definition) is 3. The topological polar surface area (TPSA) is 79.2 Å². The minimum absolute atomic E-state index is 0.166. The number of aliphatic hydroxyl groups is 3. The summed E-state index contributed by atoms with van der Waals surface area (Å²) in [6.45, 7) is 2.35. The first-order chi connectivity index (χ1) is 17.0. The van der Waals surface area contributed by atoms with Crippen molar-refractivity contribution in [2.45, 2.75) is 115 Å². The van der Waals surface area contributed by atoms with E-state index in [1.807, 2.05) is 6.07 Å². The van der Waals surface area contributed by atoms with Gasteiger partial charge in [-0.1, -0.05) is 38.3 Å². The number of aliphatic hydroxyl groups excluding tert-OH is 3. The summed E-state index contributed by atoms with van der Waals surface area (Å²) in [5.74, 6) is 3.48. The molecule has 35 heavy (non-hydrogen) atoms. The molecule has 196 valence electrons. The molecule has 5 heteroatoms. The molecule has 0 spiro atoms. The fourth-order valence-electron chi connectivity index (χ4n) is 7.85. The van der Waals surface area contributed by atoms with Crippen LogP contribution in [0.2, 0.25) is 0 Å². The van der Waals surface area contributed by atoms with Crippen LogP contribution in [0.25, 0.3) is 0 Å². The van der Waals surface area contributed by atoms with E-state index in [2.05, 4.69) is 19.1 Å². The largest absolute Gasteiger partial charge is 0.488 e. The first kappa shape index (κ1) is 25.5. The number of benzene rings is 1. The smallest absolute Gasteiger partial charge is 0.189 e. The highest BCUT2D eigenvalue weighted by atomic mass is 16.6. The Hall–Kier alpha value is -1.14. The minimum Gasteiger partial charge on any atom is -0.488 e. The van der Waals surface area contributed by atoms with E-state index in [1.54, 1.807) is 0 Å². The predicted molar refractivity (Wildman–Crippen MR) is 136 cm³/mol. The van der Waals surface area contributed by atoms with Gasteiger partial charge in [0.25, 0.3) is 0 Å². The summed E-state index contributed by atoms with van der Waals surface area (Å²) in [4.78, 5) is 0. The molecule has 5 rings (SSSR count). The standard InChI is InChI=1S/C30H46O5/c1-2-3-4-7-23(31)11-12-24-25-15-20-6-5-8-28(26(20)16-22(25)17-27(24)32)34-18-30(33)35-29-14-19-9-10-21(29)13-19/h5-6,8,19,21-25,27,29-33H,2-4,7,9-18H2,1H3/t19?,21-,22?,23+,24-,25+,27-,29-,30?/m1/s1. The second-order valence-electron chi connectivity index (χ2n) is 12.0. The molecule has 0 heterocycles. The molecule has 3 unspecified atom stereocenters. The number of ether oxygens (including phenoxy) is 2. The third-order valence-corrected chi connectivity index (χ3v) is 9.71. The molecule has 0 saturated heterocycles. The van der Waals surface area contributed by atoms with Crippen molar-refractivity contribution in [3.8, 4) is 5.75 Å². The Balaban J connectivity index is 1.15. The Kier molecular flexibility index (Phi) is 8.38. The summed E-state index contributed by atoms with van der Waals surface area (Å²) in [6, 6.07) is 6.26. The van der Waals surface area contributed by atoms with Gasteiger partial charge in [0.15, 0.2) is 6.29 Å². The van der Waals surface area contributed by atoms with Crippen molar-refractivity contribution >= 4 is 0 Å². The van der Waals surface area contributed by atoms with Crippen LogP contribution in [0.3, 0.4) is 0 Å². The summed E-state index contributed by atoms with van der Waals surface area (Å²) in [5, 5.41) is 31.8. The summed E-state index contributed by atoms with van der Waals surface area (Å²) >= 11 is 0. The Morgan fingerprint density at radius 3 is 2.66 bits per heavy atom. The molecular formula is C30H46O5. The van der Waals surface area contributed by atoms with Gasteiger partial charge in [0.1, 0.15) is 12.4 Å². The fourth-order valence-corrected chi connectivity index (χ4v) is 7.85. The third-order valence-electron chi connectivity index (χ3n) is 9.71. The predicted octanol–water partition coefficient (Wildman–Crippen LogP) is 5.02. The summed E-state index contributed by atoms with van der Waals surface area (Å²) in [6.07, 6.45) is 12.5. The summed E-state index contributed by atoms with van der Waals surface area (Å²) in [7, 11) is 0. The van der Waals surface area contributed by atoms with Gasteiger partial charge in [-0.25, -0.2) is 0 Å². The number of hydrogen-bond acceptors (Lipinski definition) is 5. The highest BCUT2D eigenvalue weighted by Crippen LogP contribution is 2.49. The third kappa shape index (κ3) is 5.89. The molecule has 1 aromatic carbocycles. The lowest BCUT2D eigenvalue weighted by Crippen LogP contribution is -2.31. The van der Waals surface area contributed by atoms with Crippen LogP contribution in [0, 0.1) is 29.6 Å². The molecule has 4 aliphatic rings. The van der Waals surface area contributed by atoms with Crippen LogP contribution in [-0.2, 0) is 17.6 Å². The van der Waals surface area contributed by atoms with Gasteiger partial charge >= 0.3 is 0 Å². The highest BCUT2D eigenvalue weighted by Gasteiger charge is 2.45. The first-order valence-corrected chi connectivity index (χ1v) is 14.4. The minimum atomic E-state index is -0.881. The van der Waals surface area contributed by atoms with Gasteiger partial charge in [-0.3, -0.25) is 0 Å². The normalized spacial score (nSPS) is 35.0. The lowest BCUT2D eigenvalue weighted by atomic mass is 9.73. The van der Waals surface area contributed by atoms with Crippen LogP contribution in [0.4, 0.5) is 0 Å². The molecule has 9 atom stereocenters. The van der Waals surface area contributed by atoms with Gasteiger partial charge in [-0.2, -0.15) is 0 Å². The molecule has 4 aliphatic carbocycles. The van der Waals surface area contributed by atoms with E-state index in [1.165, 1.54) is 43.2 Å². The molecule has 0 amide bonds. The zero-order valence-corrected chi connectivity index (χ0v) is 21.5. The van der Waals surface area contributed by atoms with Crippen molar-refractivity contribution in [3.05, 3.63) is 29.3 Å². The molecule has 3 N–H and O–H groups in total. The monoisotopic (exact) mass is 486 g/mol. The molecule has 0 radical (unpaired) electrons. The van der Waals surface area contributed by atoms with E-state index in [-0.39, 0.29) is 30.8 Å². The van der Waals surface area contributed by atoms with Crippen LogP contribution in [0.5, 0.6) is 5.75 Å². The quantitative estimate of drug-likeness (QED) is 0.286. The van der Waals surface area contributed by atoms with Crippen LogP contribution >= 0.6 is 0 Å². The first-order valence-electron chi connectivity index (χ1n) is 14.4. The zero-order valence-electron chi connectivity index (χ0n) is 21.5. The molecule has 3 fully saturated rings. The highest BCUT2D eigenvalue weighted by molar-refractivity contribution is 5.43. The van der Waals surface area contributed by atoms with Crippen molar-refractivity contribution in [2.24, 2.45) is 29.6 Å². The van der Waals surface area contributed by atoms with Crippen LogP contribution in [-0.4, -0.2) is 46.5 Å². The molecule has 1 aromatic rings. The Labute approximate surface area is 211 Å². The van der Waals surface area contributed by atoms with Crippen LogP contribution < -0.4 is 4.74 Å². The van der Waals surface area contributed by atoms with Crippen LogP contribution in [0.15, 0.2) is 18.2 Å². The van der Waals surface area contributed by atoms with E-state index < -0.39 is 6.29 Å². The average Bonchev–Trinajstić information content (AvgIpc) is 3.54. The van der Waals surface area contributed by atoms with Gasteiger partial charge in [0, 0.05) is 0 Å². The van der Waals surface area contributed by atoms with Crippen molar-refractivity contribution in [3.63, 3.8) is 0 Å². The second-order valence-corrected chi connectivity index (χ2v) is 12.0. The molecular weight excluding hydrogens is 440 g/mol. The zero-order chi connectivity index (χ0) is 24.4. The molecule has 0 aromatic heterocycles. The second kappa shape index (κ2) is 11.5. The van der Waals surface area contributed by atoms with Crippen molar-refractivity contribution < 1.29 is 24.8 Å². The Morgan fingerprint density at radius 1 is 1.00 bits per heavy atom. The molecule has 2 bridgehead atoms. The van der Waals surface area contributed by atoms with Crippen LogP contribution in [0.1, 0.15) is 88.7 Å². The summed E-state index contributed by atoms with van der Waals surface area (Å²) < 4.78 is 12.1. The van der Waals surface area contributed by atoms with E-state index in [0.717, 1.165) is 63.0 Å². The van der Waals surface area contributed by atoms with Gasteiger partial charge in [-0.15, -0.1) is 0 Å². The SMILES string of the molecule is CCCCC[C@H](O)CC[C@H]1[C@H](O)CC2Cc3c(cccc3OCC(O)O[C@@H]3CC4CC[C@@H]3C4)C[C@@H]21. The Bertz CT molecular complexity index is 827. The van der Waals surface area contributed by atoms with E-state index in [0.29, 0.717) is 17.8 Å². The van der Waals surface area contributed by atoms with E-state index >= 15 is 0 Å². The van der Waals surface area contributed by atoms with Gasteiger partial charge in [-0.05, 0) is 111 Å². The maximum Gasteiger partial charge on any atom is 0.189 e. The van der Waals surface area contributed by atoms with Gasteiger partial charge in [0.05, 0.1) is 18.3 Å². The Morgan fingerprint density at radius 2 is 1.89 bits per heavy atom. The average molecular weight is 487 g/mol. The van der Waals surface area contributed by atoms with E-state index in [9.17, 15) is 15.3 Å². The maximum absolute atomic E-state index is 10.9. The van der Waals surface area contributed by atoms with Crippen molar-refractivity contribution in [1.82, 2.24) is 0 Å². The fraction of sp³-hybridized carbons (Fsp3) is 0.800. The maximum atomic E-state index is 10.9. The molecule has 5 nitrogen and oxygen atoms in total. The summed E-state index contributed by atoms with van der Waals surface area (Å²) in [5.41, 5.74) is 2.56. The lowest BCUT2D eigenvalue weighted by Gasteiger charge is -2.33. The molecule has 0 aliphatic heterocycles. The van der Waals surface area contributed by atoms with Gasteiger partial charge < -0.3 is 24.8 Å². The van der Waals surface area contributed by atoms with Gasteiger partial charge in [0.2, 0.25) is 0 Å². The van der Waals surface area contributed by atoms with E-state index in [4.69, 9.17) is 9.47 Å². The number of fused-ring (bicyclic) bond motifs is 4.